The number of hydrogen-bond donors (Lipinski definition) is 0. The zero-order chi connectivity index (χ0) is 10.3. The Bertz CT molecular complexity index is 126. The summed E-state index contributed by atoms with van der Waals surface area (Å²) < 4.78 is -0.750. The van der Waals surface area contributed by atoms with Gasteiger partial charge in [0.05, 0.1) is 4.83 Å². The van der Waals surface area contributed by atoms with E-state index in [1.807, 2.05) is 13.8 Å². The fraction of sp³-hybridized carbons (Fsp3) is 0.833. The Kier molecular flexibility index (Phi) is 11.7. The van der Waals surface area contributed by atoms with Gasteiger partial charge in [0.15, 0.2) is 4.30 Å². The van der Waals surface area contributed by atoms with Crippen molar-refractivity contribution in [2.24, 2.45) is 5.92 Å². The van der Waals surface area contributed by atoms with E-state index in [-0.39, 0.29) is 16.0 Å². The van der Waals surface area contributed by atoms with Crippen molar-refractivity contribution in [2.75, 3.05) is 0 Å². The standard InChI is InChI=1S/C5H8BrClO.CHCl3/c1-3(2)4(6)5(7)8;2-1(3)4/h3-4H,1-2H3;1H. The Hall–Kier alpha value is 1.31. The van der Waals surface area contributed by atoms with Gasteiger partial charge >= 0.3 is 0 Å². The van der Waals surface area contributed by atoms with E-state index in [1.54, 1.807) is 0 Å². The second-order valence-electron chi connectivity index (χ2n) is 2.20. The van der Waals surface area contributed by atoms with Gasteiger partial charge < -0.3 is 0 Å². The Morgan fingerprint density at radius 3 is 1.50 bits per heavy atom. The molecular formula is C6H9BrCl4O. The van der Waals surface area contributed by atoms with Crippen LogP contribution in [0.3, 0.4) is 0 Å². The van der Waals surface area contributed by atoms with Crippen LogP contribution in [0.25, 0.3) is 0 Å². The van der Waals surface area contributed by atoms with Crippen molar-refractivity contribution in [3.05, 3.63) is 0 Å². The first-order valence-corrected chi connectivity index (χ1v) is 5.65. The maximum Gasteiger partial charge on any atom is 0.235 e. The average Bonchev–Trinajstić information content (AvgIpc) is 1.84. The molecule has 0 saturated carbocycles. The number of halogens is 5. The minimum Gasteiger partial charge on any atom is -0.280 e. The highest BCUT2D eigenvalue weighted by atomic mass is 79.9. The Labute approximate surface area is 101 Å². The van der Waals surface area contributed by atoms with Crippen molar-refractivity contribution in [2.45, 2.75) is 23.0 Å². The molecule has 0 rings (SSSR count). The van der Waals surface area contributed by atoms with Crippen LogP contribution in [0, 0.1) is 5.92 Å². The SMILES string of the molecule is CC(C)C(Br)C(=O)Cl.ClC(Cl)Cl. The first-order chi connectivity index (χ1) is 5.29. The zero-order valence-electron chi connectivity index (χ0n) is 6.53. The molecular weight excluding hydrogens is 310 g/mol. The van der Waals surface area contributed by atoms with Crippen LogP contribution in [0.15, 0.2) is 0 Å². The molecule has 0 aliphatic rings. The second-order valence-corrected chi connectivity index (χ2v) is 5.54. The highest BCUT2D eigenvalue weighted by Gasteiger charge is 2.14. The lowest BCUT2D eigenvalue weighted by atomic mass is 10.2. The molecule has 0 fully saturated rings. The summed E-state index contributed by atoms with van der Waals surface area (Å²) in [6, 6.07) is 0. The van der Waals surface area contributed by atoms with E-state index in [1.165, 1.54) is 0 Å². The predicted octanol–water partition coefficient (Wildman–Crippen LogP) is 4.16. The number of alkyl halides is 4. The molecule has 1 unspecified atom stereocenters. The first-order valence-electron chi connectivity index (χ1n) is 3.04. The topological polar surface area (TPSA) is 17.1 Å². The molecule has 1 atom stereocenters. The Morgan fingerprint density at radius 1 is 1.25 bits per heavy atom. The first kappa shape index (κ1) is 15.8. The fourth-order valence-corrected chi connectivity index (χ4v) is 0.514. The third kappa shape index (κ3) is 13.9. The van der Waals surface area contributed by atoms with Crippen LogP contribution < -0.4 is 0 Å². The monoisotopic (exact) mass is 316 g/mol. The summed E-state index contributed by atoms with van der Waals surface area (Å²) in [5.41, 5.74) is 0. The van der Waals surface area contributed by atoms with Crippen molar-refractivity contribution in [3.8, 4) is 0 Å². The number of rotatable bonds is 2. The molecule has 0 bridgehead atoms. The van der Waals surface area contributed by atoms with Gasteiger partial charge in [0, 0.05) is 0 Å². The smallest absolute Gasteiger partial charge is 0.235 e. The fourth-order valence-electron chi connectivity index (χ4n) is 0.262. The van der Waals surface area contributed by atoms with Crippen molar-refractivity contribution in [1.29, 1.82) is 0 Å². The molecule has 0 amide bonds. The highest BCUT2D eigenvalue weighted by molar-refractivity contribution is 9.10. The lowest BCUT2D eigenvalue weighted by Gasteiger charge is -2.05. The van der Waals surface area contributed by atoms with Crippen molar-refractivity contribution >= 4 is 67.6 Å². The lowest BCUT2D eigenvalue weighted by molar-refractivity contribution is -0.111. The maximum atomic E-state index is 10.3. The lowest BCUT2D eigenvalue weighted by Crippen LogP contribution is -2.13. The van der Waals surface area contributed by atoms with Gasteiger partial charge in [-0.2, -0.15) is 0 Å². The maximum absolute atomic E-state index is 10.3. The molecule has 6 heteroatoms. The van der Waals surface area contributed by atoms with E-state index in [4.69, 9.17) is 46.4 Å². The van der Waals surface area contributed by atoms with Gasteiger partial charge in [-0.1, -0.05) is 64.6 Å². The van der Waals surface area contributed by atoms with E-state index >= 15 is 0 Å². The van der Waals surface area contributed by atoms with Crippen LogP contribution in [-0.2, 0) is 4.79 Å². The van der Waals surface area contributed by atoms with Gasteiger partial charge in [-0.25, -0.2) is 0 Å². The molecule has 0 spiro atoms. The van der Waals surface area contributed by atoms with Gasteiger partial charge in [0.2, 0.25) is 5.24 Å². The molecule has 12 heavy (non-hydrogen) atoms. The van der Waals surface area contributed by atoms with Crippen LogP contribution in [0.2, 0.25) is 0 Å². The minimum absolute atomic E-state index is 0.191. The molecule has 0 aromatic heterocycles. The summed E-state index contributed by atoms with van der Waals surface area (Å²) in [4.78, 5) is 10.1. The summed E-state index contributed by atoms with van der Waals surface area (Å²) in [7, 11) is 0. The summed E-state index contributed by atoms with van der Waals surface area (Å²) in [5, 5.41) is -0.319. The van der Waals surface area contributed by atoms with Gasteiger partial charge in [-0.05, 0) is 17.5 Å². The zero-order valence-corrected chi connectivity index (χ0v) is 11.1. The molecule has 1 nitrogen and oxygen atoms in total. The quantitative estimate of drug-likeness (QED) is 0.552. The summed E-state index contributed by atoms with van der Waals surface area (Å²) in [6.45, 7) is 3.86. The highest BCUT2D eigenvalue weighted by Crippen LogP contribution is 2.13. The molecule has 0 radical (unpaired) electrons. The summed E-state index contributed by atoms with van der Waals surface area (Å²) >= 11 is 22.7. The number of carbonyl (C=O) groups excluding carboxylic acids is 1. The summed E-state index contributed by atoms with van der Waals surface area (Å²) in [5.74, 6) is 0.278. The van der Waals surface area contributed by atoms with Crippen molar-refractivity contribution in [3.63, 3.8) is 0 Å². The third-order valence-electron chi connectivity index (χ3n) is 0.802. The number of hydrogen-bond acceptors (Lipinski definition) is 1. The largest absolute Gasteiger partial charge is 0.280 e. The third-order valence-corrected chi connectivity index (χ3v) is 2.77. The van der Waals surface area contributed by atoms with E-state index < -0.39 is 4.30 Å². The van der Waals surface area contributed by atoms with Crippen molar-refractivity contribution < 1.29 is 4.79 Å². The van der Waals surface area contributed by atoms with Crippen LogP contribution in [-0.4, -0.2) is 14.4 Å². The average molecular weight is 319 g/mol. The van der Waals surface area contributed by atoms with Gasteiger partial charge in [-0.3, -0.25) is 4.79 Å². The van der Waals surface area contributed by atoms with Crippen LogP contribution >= 0.6 is 62.3 Å². The molecule has 0 aliphatic heterocycles. The molecule has 0 saturated heterocycles. The van der Waals surface area contributed by atoms with E-state index in [9.17, 15) is 4.79 Å². The second kappa shape index (κ2) is 8.89. The molecule has 0 N–H and O–H groups in total. The minimum atomic E-state index is -0.750. The van der Waals surface area contributed by atoms with Crippen LogP contribution in [0.4, 0.5) is 0 Å². The molecule has 0 aromatic rings. The normalized spacial score (nSPS) is 12.4. The summed E-state index contributed by atoms with van der Waals surface area (Å²) in [6.07, 6.45) is 0. The van der Waals surface area contributed by atoms with Gasteiger partial charge in [0.25, 0.3) is 0 Å². The van der Waals surface area contributed by atoms with E-state index in [2.05, 4.69) is 15.9 Å². The van der Waals surface area contributed by atoms with E-state index in [0.29, 0.717) is 0 Å². The Morgan fingerprint density at radius 2 is 1.50 bits per heavy atom. The number of carbonyl (C=O) groups is 1. The van der Waals surface area contributed by atoms with E-state index in [0.717, 1.165) is 0 Å². The van der Waals surface area contributed by atoms with Crippen molar-refractivity contribution in [1.82, 2.24) is 0 Å². The van der Waals surface area contributed by atoms with Crippen LogP contribution in [0.1, 0.15) is 13.8 Å². The predicted molar refractivity (Wildman–Crippen MR) is 59.8 cm³/mol. The molecule has 0 heterocycles. The van der Waals surface area contributed by atoms with Gasteiger partial charge in [-0.15, -0.1) is 0 Å². The molecule has 0 aromatic carbocycles. The van der Waals surface area contributed by atoms with Crippen LogP contribution in [0.5, 0.6) is 0 Å². The Balaban J connectivity index is 0. The van der Waals surface area contributed by atoms with Gasteiger partial charge in [0.1, 0.15) is 0 Å². The molecule has 0 aliphatic carbocycles. The molecule has 74 valence electrons.